The highest BCUT2D eigenvalue weighted by atomic mass is 35.5. The number of nitrogens with two attached hydrogens (primary N) is 1. The molecule has 11 heteroatoms. The minimum absolute atomic E-state index is 0.187. The maximum atomic E-state index is 10.4. The van der Waals surface area contributed by atoms with Crippen molar-refractivity contribution in [2.24, 2.45) is 0 Å². The Morgan fingerprint density at radius 3 is 2.75 bits per heavy atom. The van der Waals surface area contributed by atoms with Crippen molar-refractivity contribution < 1.29 is 24.8 Å². The van der Waals surface area contributed by atoms with Gasteiger partial charge in [-0.05, 0) is 12.1 Å². The summed E-state index contributed by atoms with van der Waals surface area (Å²) < 4.78 is 12.2. The molecule has 1 aliphatic heterocycles. The summed E-state index contributed by atoms with van der Waals surface area (Å²) in [6, 6.07) is 5.09. The number of methoxy groups -OCH3 is 1. The highest BCUT2D eigenvalue weighted by Gasteiger charge is 2.44. The van der Waals surface area contributed by atoms with E-state index >= 15 is 0 Å². The Labute approximate surface area is 164 Å². The van der Waals surface area contributed by atoms with Crippen LogP contribution in [0.5, 0.6) is 5.75 Å². The van der Waals surface area contributed by atoms with E-state index in [1.165, 1.54) is 18.1 Å². The Morgan fingerprint density at radius 2 is 2.07 bits per heavy atom. The smallest absolute Gasteiger partial charge is 0.181 e. The number of benzene rings is 1. The molecule has 28 heavy (non-hydrogen) atoms. The van der Waals surface area contributed by atoms with Gasteiger partial charge in [0, 0.05) is 5.56 Å². The first-order chi connectivity index (χ1) is 13.5. The van der Waals surface area contributed by atoms with Crippen LogP contribution in [0.4, 0.5) is 5.82 Å². The van der Waals surface area contributed by atoms with Gasteiger partial charge in [-0.25, -0.2) is 14.6 Å². The molecule has 0 unspecified atom stereocenters. The third-order valence-corrected chi connectivity index (χ3v) is 5.01. The van der Waals surface area contributed by atoms with Crippen molar-refractivity contribution >= 4 is 28.5 Å². The van der Waals surface area contributed by atoms with Gasteiger partial charge < -0.3 is 30.5 Å². The lowest BCUT2D eigenvalue weighted by atomic mass is 10.1. The molecule has 3 heterocycles. The number of rotatable bonds is 4. The van der Waals surface area contributed by atoms with Crippen molar-refractivity contribution in [2.75, 3.05) is 19.5 Å². The molecule has 1 fully saturated rings. The molecule has 0 amide bonds. The van der Waals surface area contributed by atoms with Crippen LogP contribution in [0.15, 0.2) is 24.5 Å². The zero-order valence-electron chi connectivity index (χ0n) is 14.7. The second-order valence-corrected chi connectivity index (χ2v) is 6.74. The monoisotopic (exact) mass is 407 g/mol. The van der Waals surface area contributed by atoms with E-state index in [4.69, 9.17) is 26.8 Å². The minimum atomic E-state index is -1.32. The molecule has 0 aliphatic carbocycles. The standard InChI is InChI=1S/C17H18ClN5O5/c1-27-9-4-7(2-3-8(9)18)12-11-15(19)20-6-21-16(11)23(22-12)17-14(26)13(25)10(5-24)28-17/h2-4,6,10,13-14,17,24-26H,5H2,1H3,(H2,19,20,21)/t10-,13-,14-,17-/m1/s1. The number of anilines is 1. The highest BCUT2D eigenvalue weighted by molar-refractivity contribution is 6.32. The highest BCUT2D eigenvalue weighted by Crippen LogP contribution is 2.38. The normalized spacial score (nSPS) is 24.8. The molecular weight excluding hydrogens is 390 g/mol. The molecule has 1 aromatic carbocycles. The van der Waals surface area contributed by atoms with Gasteiger partial charge in [0.1, 0.15) is 41.9 Å². The second-order valence-electron chi connectivity index (χ2n) is 6.33. The largest absolute Gasteiger partial charge is 0.495 e. The van der Waals surface area contributed by atoms with Crippen LogP contribution in [0.1, 0.15) is 6.23 Å². The summed E-state index contributed by atoms with van der Waals surface area (Å²) in [4.78, 5) is 8.24. The zero-order chi connectivity index (χ0) is 20.0. The fraction of sp³-hybridized carbons (Fsp3) is 0.353. The van der Waals surface area contributed by atoms with Crippen molar-refractivity contribution in [3.8, 4) is 17.0 Å². The molecule has 10 nitrogen and oxygen atoms in total. The van der Waals surface area contributed by atoms with Gasteiger partial charge in [0.05, 0.1) is 24.1 Å². The predicted molar refractivity (Wildman–Crippen MR) is 99.7 cm³/mol. The maximum Gasteiger partial charge on any atom is 0.181 e. The molecule has 0 saturated carbocycles. The van der Waals surface area contributed by atoms with Gasteiger partial charge in [-0.3, -0.25) is 0 Å². The third kappa shape index (κ3) is 2.86. The lowest BCUT2D eigenvalue weighted by molar-refractivity contribution is -0.0565. The zero-order valence-corrected chi connectivity index (χ0v) is 15.5. The lowest BCUT2D eigenvalue weighted by Gasteiger charge is -2.15. The Morgan fingerprint density at radius 1 is 1.29 bits per heavy atom. The van der Waals surface area contributed by atoms with Crippen LogP contribution in [0.2, 0.25) is 5.02 Å². The Kier molecular flexibility index (Phi) is 4.81. The molecule has 4 atom stereocenters. The fourth-order valence-corrected chi connectivity index (χ4v) is 3.46. The van der Waals surface area contributed by atoms with Crippen molar-refractivity contribution in [1.82, 2.24) is 19.7 Å². The summed E-state index contributed by atoms with van der Waals surface area (Å²) in [5, 5.41) is 35.2. The summed E-state index contributed by atoms with van der Waals surface area (Å²) in [6.45, 7) is -0.452. The van der Waals surface area contributed by atoms with Gasteiger partial charge in [-0.15, -0.1) is 0 Å². The molecule has 5 N–H and O–H groups in total. The van der Waals surface area contributed by atoms with Crippen LogP contribution in [0, 0.1) is 0 Å². The van der Waals surface area contributed by atoms with E-state index in [1.807, 2.05) is 0 Å². The van der Waals surface area contributed by atoms with E-state index in [0.29, 0.717) is 33.1 Å². The van der Waals surface area contributed by atoms with Crippen LogP contribution in [0.3, 0.4) is 0 Å². The number of hydrogen-bond donors (Lipinski definition) is 4. The Bertz CT molecular complexity index is 1030. The van der Waals surface area contributed by atoms with Crippen LogP contribution in [-0.2, 0) is 4.74 Å². The van der Waals surface area contributed by atoms with Crippen molar-refractivity contribution in [3.63, 3.8) is 0 Å². The average Bonchev–Trinajstić information content (AvgIpc) is 3.21. The number of aliphatic hydroxyl groups excluding tert-OH is 3. The minimum Gasteiger partial charge on any atom is -0.495 e. The number of aromatic nitrogens is 4. The molecule has 1 saturated heterocycles. The summed E-state index contributed by atoms with van der Waals surface area (Å²) in [5.41, 5.74) is 7.45. The van der Waals surface area contributed by atoms with E-state index in [1.54, 1.807) is 18.2 Å². The van der Waals surface area contributed by atoms with Gasteiger partial charge >= 0.3 is 0 Å². The van der Waals surface area contributed by atoms with Gasteiger partial charge in [0.25, 0.3) is 0 Å². The van der Waals surface area contributed by atoms with Gasteiger partial charge in [0.2, 0.25) is 0 Å². The molecular formula is C17H18ClN5O5. The quantitative estimate of drug-likeness (QED) is 0.480. The average molecular weight is 408 g/mol. The molecule has 0 radical (unpaired) electrons. The van der Waals surface area contributed by atoms with Crippen molar-refractivity contribution in [3.05, 3.63) is 29.5 Å². The first kappa shape index (κ1) is 18.8. The third-order valence-electron chi connectivity index (χ3n) is 4.70. The van der Waals surface area contributed by atoms with E-state index in [0.717, 1.165) is 0 Å². The number of ether oxygens (including phenoxy) is 2. The molecule has 0 spiro atoms. The van der Waals surface area contributed by atoms with E-state index < -0.39 is 31.1 Å². The van der Waals surface area contributed by atoms with E-state index in [-0.39, 0.29) is 5.82 Å². The number of aliphatic hydroxyl groups is 3. The van der Waals surface area contributed by atoms with Crippen LogP contribution in [0.25, 0.3) is 22.3 Å². The fourth-order valence-electron chi connectivity index (χ4n) is 3.26. The predicted octanol–water partition coefficient (Wildman–Crippen LogP) is 0.349. The topological polar surface area (TPSA) is 149 Å². The van der Waals surface area contributed by atoms with Crippen molar-refractivity contribution in [1.29, 1.82) is 0 Å². The van der Waals surface area contributed by atoms with Gasteiger partial charge in [-0.1, -0.05) is 17.7 Å². The summed E-state index contributed by atoms with van der Waals surface area (Å²) in [5.74, 6) is 0.636. The first-order valence-corrected chi connectivity index (χ1v) is 8.79. The van der Waals surface area contributed by atoms with Crippen molar-refractivity contribution in [2.45, 2.75) is 24.5 Å². The molecule has 3 aromatic rings. The molecule has 0 bridgehead atoms. The van der Waals surface area contributed by atoms with Crippen LogP contribution < -0.4 is 10.5 Å². The van der Waals surface area contributed by atoms with E-state index in [9.17, 15) is 15.3 Å². The first-order valence-electron chi connectivity index (χ1n) is 8.41. The van der Waals surface area contributed by atoms with E-state index in [2.05, 4.69) is 15.1 Å². The van der Waals surface area contributed by atoms with Crippen LogP contribution >= 0.6 is 11.6 Å². The SMILES string of the molecule is COc1cc(-c2nn([C@@H]3O[C@H](CO)[C@@H](O)[C@H]3O)c3ncnc(N)c23)ccc1Cl. The summed E-state index contributed by atoms with van der Waals surface area (Å²) in [7, 11) is 1.50. The molecule has 1 aliphatic rings. The van der Waals surface area contributed by atoms with Crippen LogP contribution in [-0.4, -0.2) is 67.1 Å². The summed E-state index contributed by atoms with van der Waals surface area (Å²) >= 11 is 6.10. The second kappa shape index (κ2) is 7.15. The summed E-state index contributed by atoms with van der Waals surface area (Å²) in [6.07, 6.45) is -3.33. The number of fused-ring (bicyclic) bond motifs is 1. The van der Waals surface area contributed by atoms with Gasteiger partial charge in [0.15, 0.2) is 11.9 Å². The maximum absolute atomic E-state index is 10.4. The van der Waals surface area contributed by atoms with Gasteiger partial charge in [-0.2, -0.15) is 5.10 Å². The molecule has 2 aromatic heterocycles. The number of hydrogen-bond acceptors (Lipinski definition) is 9. The Balaban J connectivity index is 1.90. The number of halogens is 1. The number of nitrogen functional groups attached to an aromatic ring is 1. The number of nitrogens with zero attached hydrogens (tertiary/aromatic N) is 4. The molecule has 148 valence electrons. The Hall–Kier alpha value is -2.50. The molecule has 4 rings (SSSR count). The lowest BCUT2D eigenvalue weighted by Crippen LogP contribution is -2.33.